The number of nitrogen functional groups attached to an aromatic ring is 1. The van der Waals surface area contributed by atoms with E-state index in [1.54, 1.807) is 7.05 Å². The van der Waals surface area contributed by atoms with Crippen molar-refractivity contribution in [2.24, 2.45) is 5.16 Å². The Balaban J connectivity index is 0.000000707. The molecule has 1 unspecified atom stereocenters. The van der Waals surface area contributed by atoms with Crippen LogP contribution in [0.2, 0.25) is 0 Å². The van der Waals surface area contributed by atoms with E-state index in [2.05, 4.69) is 20.9 Å². The summed E-state index contributed by atoms with van der Waals surface area (Å²) in [6.45, 7) is 1.23. The molecule has 0 aliphatic carbocycles. The number of hydrogen-bond donors (Lipinski definition) is 5. The van der Waals surface area contributed by atoms with Crippen LogP contribution in [0.1, 0.15) is 18.2 Å². The van der Waals surface area contributed by atoms with Gasteiger partial charge in [0.25, 0.3) is 17.9 Å². The van der Waals surface area contributed by atoms with Gasteiger partial charge in [0.05, 0.1) is 11.7 Å². The quantitative estimate of drug-likeness (QED) is 0.0637. The van der Waals surface area contributed by atoms with Crippen molar-refractivity contribution in [2.75, 3.05) is 24.8 Å². The maximum absolute atomic E-state index is 13.0. The molecule has 18 nitrogen and oxygen atoms in total. The number of carbonyl (C=O) groups is 4. The Kier molecular flexibility index (Phi) is 10.2. The number of para-hydroxylation sites is 1. The van der Waals surface area contributed by atoms with Gasteiger partial charge in [0.15, 0.2) is 24.0 Å². The molecule has 246 valence electrons. The number of hydroxylamine groups is 2. The van der Waals surface area contributed by atoms with Crippen molar-refractivity contribution in [2.45, 2.75) is 37.8 Å². The standard InChI is InChI=1S/C20H23N7O9S2.C2HF3O2/c1-10-15(18(29)26(10)38(32,33)34)23-17(28)16(13-9-37-20(21)22-13)25-36-14(19(30)31)8-35-27(2)7-11-5-3-4-6-12(11)24-27;3-2(4,5)1(6)7/h3-6,9-10,14-15,24H,7-8H2,1-2H3,(H4-,21,22,23,28,30,31,32,33,34);(H,6,7)/b25-16-;/t10-,14?,15-,27-;/m0./s1. The van der Waals surface area contributed by atoms with E-state index in [1.165, 1.54) is 12.3 Å². The number of halogens is 3. The highest BCUT2D eigenvalue weighted by atomic mass is 32.2. The second-order valence-corrected chi connectivity index (χ2v) is 11.5. The summed E-state index contributed by atoms with van der Waals surface area (Å²) in [5.74, 6) is -6.52. The van der Waals surface area contributed by atoms with E-state index in [9.17, 15) is 41.1 Å². The first-order valence-electron chi connectivity index (χ1n) is 12.2. The van der Waals surface area contributed by atoms with Crippen molar-refractivity contribution < 1.29 is 70.0 Å². The third-order valence-electron chi connectivity index (χ3n) is 5.99. The number of carboxylic acids is 2. The first-order chi connectivity index (χ1) is 20.7. The van der Waals surface area contributed by atoms with Crippen molar-refractivity contribution in [1.29, 1.82) is 0 Å². The van der Waals surface area contributed by atoms with Gasteiger partial charge in [-0.3, -0.25) is 14.1 Å². The normalized spacial score (nSPS) is 21.8. The second-order valence-electron chi connectivity index (χ2n) is 9.36. The molecular weight excluding hydrogens is 659 g/mol. The van der Waals surface area contributed by atoms with E-state index in [4.69, 9.17) is 29.9 Å². The summed E-state index contributed by atoms with van der Waals surface area (Å²) in [6.07, 6.45) is -6.84. The molecule has 0 saturated carbocycles. The molecule has 2 aliphatic rings. The van der Waals surface area contributed by atoms with E-state index >= 15 is 0 Å². The number of thiazole rings is 1. The maximum Gasteiger partial charge on any atom is 0.430 e. The zero-order valence-corrected chi connectivity index (χ0v) is 24.6. The number of alkyl halides is 3. The molecule has 23 heteroatoms. The molecule has 4 atom stereocenters. The lowest BCUT2D eigenvalue weighted by Gasteiger charge is -2.42. The monoisotopic (exact) mass is 683 g/mol. The lowest BCUT2D eigenvalue weighted by Crippen LogP contribution is -2.71. The number of aromatic nitrogens is 1. The lowest BCUT2D eigenvalue weighted by atomic mass is 10.0. The van der Waals surface area contributed by atoms with Crippen LogP contribution in [-0.4, -0.2) is 99.6 Å². The number of carbonyl (C=O) groups excluding carboxylic acids is 3. The summed E-state index contributed by atoms with van der Waals surface area (Å²) >= 11 is 0.966. The van der Waals surface area contributed by atoms with Crippen molar-refractivity contribution >= 4 is 61.9 Å². The molecule has 1 aromatic heterocycles. The minimum atomic E-state index is -5.19. The highest BCUT2D eigenvalue weighted by Crippen LogP contribution is 2.29. The van der Waals surface area contributed by atoms with Gasteiger partial charge in [-0.1, -0.05) is 28.1 Å². The van der Waals surface area contributed by atoms with Crippen LogP contribution in [0.4, 0.5) is 24.0 Å². The van der Waals surface area contributed by atoms with Crippen LogP contribution in [0.3, 0.4) is 0 Å². The fraction of sp³-hybridized carbons (Fsp3) is 0.364. The third-order valence-corrected chi connectivity index (χ3v) is 7.67. The minimum Gasteiger partial charge on any atom is -0.542 e. The van der Waals surface area contributed by atoms with Gasteiger partial charge in [-0.15, -0.1) is 11.3 Å². The van der Waals surface area contributed by atoms with Gasteiger partial charge in [0, 0.05) is 10.9 Å². The number of nitrogens with one attached hydrogen (secondary N) is 2. The number of oxime groups is 1. The fourth-order valence-electron chi connectivity index (χ4n) is 3.87. The SMILES string of the molecule is C[C@H]1[C@H](NC(=O)/C(=N\OC(CO[N@@+]2(C)Cc3ccccc3N2)C(=O)O)c2csc(N)n2)C(=O)N1S(=O)(=O)O.O=C([O-])C(F)(F)F. The van der Waals surface area contributed by atoms with Crippen LogP contribution < -0.4 is 21.6 Å². The van der Waals surface area contributed by atoms with Crippen LogP contribution in [0.15, 0.2) is 34.8 Å². The Hall–Kier alpha value is -4.58. The summed E-state index contributed by atoms with van der Waals surface area (Å²) in [6, 6.07) is 5.06. The number of nitrogens with zero attached hydrogens (tertiary/aromatic N) is 4. The summed E-state index contributed by atoms with van der Waals surface area (Å²) < 4.78 is 63.4. The number of carboxylic acid groups (broad SMARTS) is 2. The van der Waals surface area contributed by atoms with Crippen LogP contribution in [0, 0.1) is 0 Å². The van der Waals surface area contributed by atoms with E-state index in [-0.39, 0.29) is 19.9 Å². The number of aliphatic carboxylic acids is 2. The number of rotatable bonds is 10. The Morgan fingerprint density at radius 2 is 1.98 bits per heavy atom. The Morgan fingerprint density at radius 1 is 1.36 bits per heavy atom. The summed E-state index contributed by atoms with van der Waals surface area (Å²) in [7, 11) is -3.12. The largest absolute Gasteiger partial charge is 0.542 e. The summed E-state index contributed by atoms with van der Waals surface area (Å²) in [5, 5.41) is 25.8. The Bertz CT molecular complexity index is 1590. The van der Waals surface area contributed by atoms with Gasteiger partial charge in [0.2, 0.25) is 0 Å². The molecule has 2 aliphatic heterocycles. The van der Waals surface area contributed by atoms with Gasteiger partial charge in [-0.25, -0.2) is 19.5 Å². The smallest absolute Gasteiger partial charge is 0.430 e. The van der Waals surface area contributed by atoms with Crippen molar-refractivity contribution in [3.8, 4) is 0 Å². The number of nitrogens with two attached hydrogens (primary N) is 1. The first kappa shape index (κ1) is 34.9. The molecule has 0 radical (unpaired) electrons. The molecule has 2 aromatic rings. The van der Waals surface area contributed by atoms with Crippen LogP contribution in [-0.2, 0) is 45.7 Å². The predicted molar refractivity (Wildman–Crippen MR) is 142 cm³/mol. The number of hydrogen-bond acceptors (Lipinski definition) is 14. The molecule has 2 amide bonds. The third kappa shape index (κ3) is 8.53. The zero-order chi connectivity index (χ0) is 33.9. The van der Waals surface area contributed by atoms with Gasteiger partial charge in [-0.2, -0.15) is 26.4 Å². The van der Waals surface area contributed by atoms with Crippen molar-refractivity contribution in [1.82, 2.24) is 14.6 Å². The predicted octanol–water partition coefficient (Wildman–Crippen LogP) is -1.36. The van der Waals surface area contributed by atoms with Crippen molar-refractivity contribution in [3.63, 3.8) is 0 Å². The summed E-state index contributed by atoms with van der Waals surface area (Å²) in [4.78, 5) is 60.6. The minimum absolute atomic E-state index is 0.0707. The number of quaternary nitrogens is 1. The van der Waals surface area contributed by atoms with E-state index in [0.29, 0.717) is 6.54 Å². The van der Waals surface area contributed by atoms with E-state index in [1.807, 2.05) is 24.3 Å². The van der Waals surface area contributed by atoms with Gasteiger partial charge in [-0.05, 0) is 13.0 Å². The molecule has 1 aromatic carbocycles. The number of fused-ring (bicyclic) bond motifs is 1. The molecule has 1 fully saturated rings. The van der Waals surface area contributed by atoms with E-state index in [0.717, 1.165) is 22.6 Å². The molecule has 1 saturated heterocycles. The van der Waals surface area contributed by atoms with Gasteiger partial charge < -0.3 is 30.9 Å². The van der Waals surface area contributed by atoms with Crippen molar-refractivity contribution in [3.05, 3.63) is 40.9 Å². The average Bonchev–Trinajstić information content (AvgIpc) is 3.50. The molecule has 45 heavy (non-hydrogen) atoms. The lowest BCUT2D eigenvalue weighted by molar-refractivity contribution is -1.08. The molecule has 4 rings (SSSR count). The van der Waals surface area contributed by atoms with Crippen LogP contribution in [0.5, 0.6) is 0 Å². The van der Waals surface area contributed by atoms with Gasteiger partial charge in [0.1, 0.15) is 24.8 Å². The number of amides is 2. The molecular formula is C22H24F3N7O11S2. The summed E-state index contributed by atoms with van der Waals surface area (Å²) in [5.41, 5.74) is 9.97. The number of benzene rings is 1. The van der Waals surface area contributed by atoms with E-state index < -0.39 is 70.7 Å². The molecule has 6 N–H and O–H groups in total. The fourth-order valence-corrected chi connectivity index (χ4v) is 5.30. The zero-order valence-electron chi connectivity index (χ0n) is 22.9. The average molecular weight is 684 g/mol. The van der Waals surface area contributed by atoms with Crippen LogP contribution in [0.25, 0.3) is 0 Å². The van der Waals surface area contributed by atoms with Crippen LogP contribution >= 0.6 is 11.3 Å². The highest BCUT2D eigenvalue weighted by molar-refractivity contribution is 7.84. The Morgan fingerprint density at radius 3 is 2.47 bits per heavy atom. The Labute approximate surface area is 255 Å². The molecule has 0 bridgehead atoms. The second kappa shape index (κ2) is 13.2. The molecule has 0 spiro atoms. The van der Waals surface area contributed by atoms with Gasteiger partial charge >= 0.3 is 22.4 Å². The highest BCUT2D eigenvalue weighted by Gasteiger charge is 2.51. The topological polar surface area (TPSA) is 263 Å². The number of β-lactam (4-membered cyclic amide) rings is 1. The molecule has 3 heterocycles. The first-order valence-corrected chi connectivity index (χ1v) is 14.4. The number of anilines is 2. The maximum atomic E-state index is 13.0.